The maximum absolute atomic E-state index is 5.41. The molecule has 2 aliphatic rings. The largest absolute Gasteiger partial charge is 0.384 e. The molecule has 1 fully saturated rings. The first kappa shape index (κ1) is 13.1. The van der Waals surface area contributed by atoms with Crippen molar-refractivity contribution in [2.45, 2.75) is 31.8 Å². The molecule has 1 N–H and O–H groups in total. The van der Waals surface area contributed by atoms with Gasteiger partial charge in [0.2, 0.25) is 0 Å². The van der Waals surface area contributed by atoms with Crippen LogP contribution in [0, 0.1) is 5.92 Å². The molecule has 0 spiro atoms. The van der Waals surface area contributed by atoms with Gasteiger partial charge in [-0.15, -0.1) is 0 Å². The van der Waals surface area contributed by atoms with E-state index in [1.54, 1.807) is 7.11 Å². The zero-order valence-corrected chi connectivity index (χ0v) is 11.6. The fourth-order valence-electron chi connectivity index (χ4n) is 3.06. The Morgan fingerprint density at radius 2 is 2.32 bits per heavy atom. The number of methoxy groups -OCH3 is 1. The first-order chi connectivity index (χ1) is 9.36. The van der Waals surface area contributed by atoms with Crippen molar-refractivity contribution < 1.29 is 9.47 Å². The van der Waals surface area contributed by atoms with Crippen LogP contribution in [-0.4, -0.2) is 43.3 Å². The molecule has 1 aromatic heterocycles. The minimum Gasteiger partial charge on any atom is -0.384 e. The number of nitrogens with one attached hydrogen (secondary N) is 1. The molecule has 1 saturated heterocycles. The van der Waals surface area contributed by atoms with Crippen molar-refractivity contribution in [2.75, 3.05) is 33.5 Å². The molecule has 1 aromatic rings. The van der Waals surface area contributed by atoms with Gasteiger partial charge in [-0.1, -0.05) is 0 Å². The molecule has 1 atom stereocenters. The predicted octanol–water partition coefficient (Wildman–Crippen LogP) is 1.14. The SMILES string of the molecule is COCC1CNCc2cn(CC3CCOCC3)nc21. The highest BCUT2D eigenvalue weighted by Crippen LogP contribution is 2.24. The van der Waals surface area contributed by atoms with Crippen LogP contribution in [0.25, 0.3) is 0 Å². The molecule has 3 heterocycles. The molecule has 0 radical (unpaired) electrons. The number of nitrogens with zero attached hydrogens (tertiary/aromatic N) is 2. The topological polar surface area (TPSA) is 48.3 Å². The summed E-state index contributed by atoms with van der Waals surface area (Å²) in [5, 5.41) is 8.24. The quantitative estimate of drug-likeness (QED) is 0.887. The van der Waals surface area contributed by atoms with Crippen LogP contribution in [0.2, 0.25) is 0 Å². The van der Waals surface area contributed by atoms with Gasteiger partial charge in [-0.3, -0.25) is 4.68 Å². The minimum absolute atomic E-state index is 0.393. The van der Waals surface area contributed by atoms with E-state index in [4.69, 9.17) is 14.6 Å². The standard InChI is InChI=1S/C14H23N3O2/c1-18-10-13-7-15-6-12-9-17(16-14(12)13)8-11-2-4-19-5-3-11/h9,11,13,15H,2-8,10H2,1H3. The molecule has 3 rings (SSSR count). The molecular weight excluding hydrogens is 242 g/mol. The summed E-state index contributed by atoms with van der Waals surface area (Å²) in [5.41, 5.74) is 2.56. The summed E-state index contributed by atoms with van der Waals surface area (Å²) in [7, 11) is 1.76. The number of fused-ring (bicyclic) bond motifs is 1. The Hall–Kier alpha value is -0.910. The second kappa shape index (κ2) is 6.03. The molecule has 0 aromatic carbocycles. The average Bonchev–Trinajstić information content (AvgIpc) is 2.84. The number of ether oxygens (including phenoxy) is 2. The molecule has 0 bridgehead atoms. The summed E-state index contributed by atoms with van der Waals surface area (Å²) in [6.07, 6.45) is 4.52. The molecule has 5 nitrogen and oxygen atoms in total. The lowest BCUT2D eigenvalue weighted by Crippen LogP contribution is -2.30. The van der Waals surface area contributed by atoms with E-state index >= 15 is 0 Å². The van der Waals surface area contributed by atoms with Crippen LogP contribution in [0.3, 0.4) is 0 Å². The molecule has 0 saturated carbocycles. The van der Waals surface area contributed by atoms with E-state index in [9.17, 15) is 0 Å². The molecule has 0 aliphatic carbocycles. The fourth-order valence-corrected chi connectivity index (χ4v) is 3.06. The molecule has 1 unspecified atom stereocenters. The zero-order valence-electron chi connectivity index (χ0n) is 11.6. The summed E-state index contributed by atoms with van der Waals surface area (Å²) < 4.78 is 12.8. The van der Waals surface area contributed by atoms with Gasteiger partial charge in [0.1, 0.15) is 0 Å². The Bertz CT molecular complexity index is 413. The second-order valence-corrected chi connectivity index (χ2v) is 5.60. The molecule has 19 heavy (non-hydrogen) atoms. The Kier molecular flexibility index (Phi) is 4.15. The van der Waals surface area contributed by atoms with E-state index in [0.717, 1.165) is 52.3 Å². The van der Waals surface area contributed by atoms with E-state index in [1.807, 2.05) is 0 Å². The molecule has 0 amide bonds. The third kappa shape index (κ3) is 2.99. The van der Waals surface area contributed by atoms with Crippen LogP contribution in [0.5, 0.6) is 0 Å². The van der Waals surface area contributed by atoms with Crippen LogP contribution in [0.4, 0.5) is 0 Å². The zero-order chi connectivity index (χ0) is 13.1. The molecular formula is C14H23N3O2. The summed E-state index contributed by atoms with van der Waals surface area (Å²) in [5.74, 6) is 1.11. The van der Waals surface area contributed by atoms with Crippen LogP contribution in [0.1, 0.15) is 30.0 Å². The van der Waals surface area contributed by atoms with Gasteiger partial charge in [0.25, 0.3) is 0 Å². The van der Waals surface area contributed by atoms with Gasteiger partial charge in [0, 0.05) is 57.6 Å². The lowest BCUT2D eigenvalue weighted by Gasteiger charge is -2.22. The smallest absolute Gasteiger partial charge is 0.0736 e. The van der Waals surface area contributed by atoms with Crippen molar-refractivity contribution in [1.29, 1.82) is 0 Å². The monoisotopic (exact) mass is 265 g/mol. The fraction of sp³-hybridized carbons (Fsp3) is 0.786. The third-order valence-corrected chi connectivity index (χ3v) is 4.12. The van der Waals surface area contributed by atoms with Crippen LogP contribution in [0.15, 0.2) is 6.20 Å². The summed E-state index contributed by atoms with van der Waals surface area (Å²) in [4.78, 5) is 0. The lowest BCUT2D eigenvalue weighted by molar-refractivity contribution is 0.0601. The Balaban J connectivity index is 1.70. The van der Waals surface area contributed by atoms with Crippen molar-refractivity contribution in [2.24, 2.45) is 5.92 Å². The van der Waals surface area contributed by atoms with Gasteiger partial charge in [-0.05, 0) is 18.8 Å². The van der Waals surface area contributed by atoms with E-state index in [2.05, 4.69) is 16.2 Å². The highest BCUT2D eigenvalue weighted by atomic mass is 16.5. The lowest BCUT2D eigenvalue weighted by atomic mass is 9.99. The van der Waals surface area contributed by atoms with Crippen molar-refractivity contribution >= 4 is 0 Å². The number of rotatable bonds is 4. The Morgan fingerprint density at radius 3 is 3.11 bits per heavy atom. The van der Waals surface area contributed by atoms with Crippen molar-refractivity contribution in [1.82, 2.24) is 15.1 Å². The normalized spacial score (nSPS) is 24.4. The molecule has 2 aliphatic heterocycles. The third-order valence-electron chi connectivity index (χ3n) is 4.12. The number of aromatic nitrogens is 2. The molecule has 5 heteroatoms. The van der Waals surface area contributed by atoms with Gasteiger partial charge in [-0.25, -0.2) is 0 Å². The van der Waals surface area contributed by atoms with Crippen molar-refractivity contribution in [3.05, 3.63) is 17.5 Å². The second-order valence-electron chi connectivity index (χ2n) is 5.60. The maximum atomic E-state index is 5.41. The van der Waals surface area contributed by atoms with Crippen LogP contribution in [-0.2, 0) is 22.6 Å². The van der Waals surface area contributed by atoms with Gasteiger partial charge in [-0.2, -0.15) is 5.10 Å². The van der Waals surface area contributed by atoms with Gasteiger partial charge >= 0.3 is 0 Å². The van der Waals surface area contributed by atoms with E-state index in [0.29, 0.717) is 11.8 Å². The first-order valence-electron chi connectivity index (χ1n) is 7.20. The molecule has 106 valence electrons. The van der Waals surface area contributed by atoms with Crippen molar-refractivity contribution in [3.8, 4) is 0 Å². The maximum Gasteiger partial charge on any atom is 0.0736 e. The number of hydrogen-bond donors (Lipinski definition) is 1. The van der Waals surface area contributed by atoms with Gasteiger partial charge < -0.3 is 14.8 Å². The minimum atomic E-state index is 0.393. The number of hydrogen-bond acceptors (Lipinski definition) is 4. The Labute approximate surface area is 114 Å². The highest BCUT2D eigenvalue weighted by Gasteiger charge is 2.24. The van der Waals surface area contributed by atoms with Crippen LogP contribution < -0.4 is 5.32 Å². The average molecular weight is 265 g/mol. The Morgan fingerprint density at radius 1 is 1.47 bits per heavy atom. The van der Waals surface area contributed by atoms with E-state index < -0.39 is 0 Å². The van der Waals surface area contributed by atoms with Gasteiger partial charge in [0.05, 0.1) is 12.3 Å². The first-order valence-corrected chi connectivity index (χ1v) is 7.20. The van der Waals surface area contributed by atoms with E-state index in [-0.39, 0.29) is 0 Å². The van der Waals surface area contributed by atoms with Gasteiger partial charge in [0.15, 0.2) is 0 Å². The van der Waals surface area contributed by atoms with Crippen molar-refractivity contribution in [3.63, 3.8) is 0 Å². The van der Waals surface area contributed by atoms with E-state index in [1.165, 1.54) is 11.3 Å². The van der Waals surface area contributed by atoms with Crippen LogP contribution >= 0.6 is 0 Å². The predicted molar refractivity (Wildman–Crippen MR) is 72.1 cm³/mol. The highest BCUT2D eigenvalue weighted by molar-refractivity contribution is 5.24. The summed E-state index contributed by atoms with van der Waals surface area (Å²) >= 11 is 0. The summed E-state index contributed by atoms with van der Waals surface area (Å²) in [6, 6.07) is 0. The summed E-state index contributed by atoms with van der Waals surface area (Å²) in [6.45, 7) is 5.47.